The Morgan fingerprint density at radius 2 is 2.11 bits per heavy atom. The van der Waals surface area contributed by atoms with Crippen LogP contribution < -0.4 is 4.74 Å². The second-order valence-corrected chi connectivity index (χ2v) is 3.22. The van der Waals surface area contributed by atoms with Crippen LogP contribution in [0, 0.1) is 10.1 Å². The van der Waals surface area contributed by atoms with Gasteiger partial charge in [0.05, 0.1) is 22.1 Å². The number of carbonyl (C=O) groups is 2. The number of alkyl halides is 2. The molecule has 0 aliphatic carbocycles. The molecule has 1 rings (SSSR count). The van der Waals surface area contributed by atoms with Gasteiger partial charge in [-0.3, -0.25) is 19.7 Å². The van der Waals surface area contributed by atoms with Gasteiger partial charge in [0.2, 0.25) is 0 Å². The fraction of sp³-hybridized carbons (Fsp3) is 0.200. The quantitative estimate of drug-likeness (QED) is 0.350. The molecule has 0 fully saturated rings. The van der Waals surface area contributed by atoms with E-state index in [2.05, 4.69) is 4.74 Å². The number of nitro benzene ring substituents is 1. The molecule has 1 aromatic rings. The van der Waals surface area contributed by atoms with Gasteiger partial charge in [0.25, 0.3) is 5.69 Å². The van der Waals surface area contributed by atoms with Crippen LogP contribution in [0.25, 0.3) is 0 Å². The van der Waals surface area contributed by atoms with E-state index < -0.39 is 28.8 Å². The molecule has 18 heavy (non-hydrogen) atoms. The van der Waals surface area contributed by atoms with Crippen LogP contribution in [0.4, 0.5) is 14.5 Å². The van der Waals surface area contributed by atoms with E-state index in [-0.39, 0.29) is 17.4 Å². The van der Waals surface area contributed by atoms with Crippen molar-refractivity contribution in [3.05, 3.63) is 33.4 Å². The number of nitro groups is 1. The fourth-order valence-corrected chi connectivity index (χ4v) is 1.31. The lowest BCUT2D eigenvalue weighted by molar-refractivity contribution is -0.385. The molecule has 0 spiro atoms. The maximum absolute atomic E-state index is 12.1. The number of aldehydes is 1. The minimum atomic E-state index is -3.23. The molecule has 0 bridgehead atoms. The first kappa shape index (κ1) is 13.7. The van der Waals surface area contributed by atoms with Gasteiger partial charge in [-0.15, -0.1) is 0 Å². The van der Waals surface area contributed by atoms with Crippen molar-refractivity contribution in [1.29, 1.82) is 0 Å². The number of ketones is 1. The Morgan fingerprint density at radius 3 is 2.50 bits per heavy atom. The van der Waals surface area contributed by atoms with E-state index in [0.29, 0.717) is 6.07 Å². The Balaban J connectivity index is 3.46. The summed E-state index contributed by atoms with van der Waals surface area (Å²) < 4.78 is 28.1. The van der Waals surface area contributed by atoms with E-state index in [1.54, 1.807) is 0 Å². The second kappa shape index (κ2) is 5.30. The van der Waals surface area contributed by atoms with Crippen LogP contribution in [0.3, 0.4) is 0 Å². The van der Waals surface area contributed by atoms with Crippen LogP contribution in [0.2, 0.25) is 0 Å². The predicted octanol–water partition coefficient (Wildman–Crippen LogP) is 2.21. The Hall–Kier alpha value is -2.38. The Labute approximate surface area is 99.3 Å². The summed E-state index contributed by atoms with van der Waals surface area (Å²) in [5, 5.41) is 10.7. The molecule has 0 saturated carbocycles. The molecule has 0 radical (unpaired) electrons. The van der Waals surface area contributed by atoms with Gasteiger partial charge < -0.3 is 4.74 Å². The number of hydrogen-bond acceptors (Lipinski definition) is 5. The molecular formula is C10H7F2NO5. The minimum Gasteiger partial charge on any atom is -0.434 e. The lowest BCUT2D eigenvalue weighted by atomic mass is 10.1. The van der Waals surface area contributed by atoms with E-state index in [9.17, 15) is 28.5 Å². The van der Waals surface area contributed by atoms with E-state index in [1.165, 1.54) is 0 Å². The number of nitrogens with zero attached hydrogens (tertiary/aromatic N) is 1. The predicted molar refractivity (Wildman–Crippen MR) is 55.1 cm³/mol. The zero-order valence-electron chi connectivity index (χ0n) is 9.05. The van der Waals surface area contributed by atoms with Crippen molar-refractivity contribution in [2.75, 3.05) is 0 Å². The largest absolute Gasteiger partial charge is 0.434 e. The summed E-state index contributed by atoms with van der Waals surface area (Å²) in [5.41, 5.74) is -1.39. The number of benzene rings is 1. The van der Waals surface area contributed by atoms with Crippen LogP contribution in [0.1, 0.15) is 27.6 Å². The number of hydrogen-bond donors (Lipinski definition) is 0. The summed E-state index contributed by atoms with van der Waals surface area (Å²) in [6.45, 7) is -2.17. The smallest absolute Gasteiger partial charge is 0.387 e. The SMILES string of the molecule is CC(=O)c1cc(C=O)c(OC(F)F)cc1[N+](=O)[O-]. The van der Waals surface area contributed by atoms with Gasteiger partial charge >= 0.3 is 6.61 Å². The first-order chi connectivity index (χ1) is 8.36. The van der Waals surface area contributed by atoms with Crippen molar-refractivity contribution in [2.24, 2.45) is 0 Å². The molecule has 1 aromatic carbocycles. The van der Waals surface area contributed by atoms with Crippen LogP contribution >= 0.6 is 0 Å². The number of Topliss-reactive ketones (excluding diaryl/α,β-unsaturated/α-hetero) is 1. The number of ether oxygens (including phenoxy) is 1. The molecule has 0 unspecified atom stereocenters. The molecular weight excluding hydrogens is 252 g/mol. The maximum Gasteiger partial charge on any atom is 0.387 e. The van der Waals surface area contributed by atoms with Gasteiger partial charge in [-0.2, -0.15) is 8.78 Å². The molecule has 0 aliphatic heterocycles. The zero-order valence-corrected chi connectivity index (χ0v) is 9.05. The first-order valence-corrected chi connectivity index (χ1v) is 4.60. The number of rotatable bonds is 5. The number of halogens is 2. The Bertz CT molecular complexity index is 515. The van der Waals surface area contributed by atoms with Gasteiger partial charge in [0.15, 0.2) is 12.1 Å². The van der Waals surface area contributed by atoms with Gasteiger partial charge in [-0.1, -0.05) is 0 Å². The number of carbonyl (C=O) groups excluding carboxylic acids is 2. The summed E-state index contributed by atoms with van der Waals surface area (Å²) in [6, 6.07) is 1.48. The fourth-order valence-electron chi connectivity index (χ4n) is 1.31. The van der Waals surface area contributed by atoms with Crippen molar-refractivity contribution in [1.82, 2.24) is 0 Å². The van der Waals surface area contributed by atoms with Crippen LogP contribution in [0.15, 0.2) is 12.1 Å². The third kappa shape index (κ3) is 2.84. The average Bonchev–Trinajstić information content (AvgIpc) is 2.27. The molecule has 0 amide bonds. The lowest BCUT2D eigenvalue weighted by Crippen LogP contribution is -2.08. The van der Waals surface area contributed by atoms with E-state index in [0.717, 1.165) is 13.0 Å². The van der Waals surface area contributed by atoms with E-state index in [1.807, 2.05) is 0 Å². The van der Waals surface area contributed by atoms with E-state index in [4.69, 9.17) is 0 Å². The highest BCUT2D eigenvalue weighted by Gasteiger charge is 2.23. The summed E-state index contributed by atoms with van der Waals surface area (Å²) in [5.74, 6) is -1.30. The van der Waals surface area contributed by atoms with Crippen molar-refractivity contribution >= 4 is 17.8 Å². The summed E-state index contributed by atoms with van der Waals surface area (Å²) >= 11 is 0. The summed E-state index contributed by atoms with van der Waals surface area (Å²) in [7, 11) is 0. The highest BCUT2D eigenvalue weighted by Crippen LogP contribution is 2.29. The molecule has 0 aliphatic rings. The highest BCUT2D eigenvalue weighted by atomic mass is 19.3. The van der Waals surface area contributed by atoms with Crippen molar-refractivity contribution in [3.63, 3.8) is 0 Å². The van der Waals surface area contributed by atoms with Crippen molar-refractivity contribution in [3.8, 4) is 5.75 Å². The molecule has 0 heterocycles. The van der Waals surface area contributed by atoms with Gasteiger partial charge in [-0.25, -0.2) is 0 Å². The van der Waals surface area contributed by atoms with Gasteiger partial charge in [0.1, 0.15) is 5.75 Å². The first-order valence-electron chi connectivity index (χ1n) is 4.60. The molecule has 6 nitrogen and oxygen atoms in total. The Morgan fingerprint density at radius 1 is 1.50 bits per heavy atom. The molecule has 0 saturated heterocycles. The van der Waals surface area contributed by atoms with Crippen molar-refractivity contribution < 1.29 is 28.0 Å². The minimum absolute atomic E-state index is 0.174. The highest BCUT2D eigenvalue weighted by molar-refractivity contribution is 6.00. The van der Waals surface area contributed by atoms with Gasteiger partial charge in [-0.05, 0) is 13.0 Å². The molecule has 96 valence electrons. The molecule has 0 atom stereocenters. The molecule has 0 N–H and O–H groups in total. The third-order valence-electron chi connectivity index (χ3n) is 2.05. The summed E-state index contributed by atoms with van der Waals surface area (Å²) in [6.07, 6.45) is 0.174. The molecule has 8 heteroatoms. The van der Waals surface area contributed by atoms with Crippen molar-refractivity contribution in [2.45, 2.75) is 13.5 Å². The Kier molecular flexibility index (Phi) is 4.03. The molecule has 0 aromatic heterocycles. The lowest BCUT2D eigenvalue weighted by Gasteiger charge is -2.08. The normalized spacial score (nSPS) is 10.2. The standard InChI is InChI=1S/C10H7F2NO5/c1-5(15)7-2-6(4-14)9(18-10(11)12)3-8(7)13(16)17/h2-4,10H,1H3. The zero-order chi connectivity index (χ0) is 13.9. The maximum atomic E-state index is 12.1. The van der Waals surface area contributed by atoms with Crippen LogP contribution in [0.5, 0.6) is 5.75 Å². The van der Waals surface area contributed by atoms with E-state index >= 15 is 0 Å². The van der Waals surface area contributed by atoms with Crippen LogP contribution in [-0.2, 0) is 0 Å². The second-order valence-electron chi connectivity index (χ2n) is 3.22. The summed E-state index contributed by atoms with van der Waals surface area (Å²) in [4.78, 5) is 31.6. The van der Waals surface area contributed by atoms with Gasteiger partial charge in [0, 0.05) is 0 Å². The third-order valence-corrected chi connectivity index (χ3v) is 2.05. The average molecular weight is 259 g/mol. The topological polar surface area (TPSA) is 86.5 Å². The van der Waals surface area contributed by atoms with Crippen LogP contribution in [-0.4, -0.2) is 23.6 Å². The monoisotopic (exact) mass is 259 g/mol.